The molecule has 0 aromatic heterocycles. The number of ether oxygens (including phenoxy) is 4. The van der Waals surface area contributed by atoms with Crippen molar-refractivity contribution in [1.29, 1.82) is 0 Å². The van der Waals surface area contributed by atoms with Gasteiger partial charge in [-0.1, -0.05) is 12.1 Å². The van der Waals surface area contributed by atoms with Gasteiger partial charge in [0.25, 0.3) is 0 Å². The quantitative estimate of drug-likeness (QED) is 0.667. The van der Waals surface area contributed by atoms with Gasteiger partial charge in [0.1, 0.15) is 17.9 Å². The van der Waals surface area contributed by atoms with Crippen molar-refractivity contribution >= 4 is 5.97 Å². The number of benzene rings is 1. The summed E-state index contributed by atoms with van der Waals surface area (Å²) in [5.74, 6) is 0.0918. The predicted molar refractivity (Wildman–Crippen MR) is 102 cm³/mol. The fraction of sp³-hybridized carbons (Fsp3) is 0.667. The van der Waals surface area contributed by atoms with Gasteiger partial charge in [-0.3, -0.25) is 0 Å². The summed E-state index contributed by atoms with van der Waals surface area (Å²) in [6.45, 7) is 5.81. The van der Waals surface area contributed by atoms with Crippen LogP contribution in [0.25, 0.3) is 0 Å². The van der Waals surface area contributed by atoms with Gasteiger partial charge in [-0.2, -0.15) is 0 Å². The van der Waals surface area contributed by atoms with E-state index in [1.807, 2.05) is 13.0 Å². The molecule has 2 bridgehead atoms. The van der Waals surface area contributed by atoms with Gasteiger partial charge < -0.3 is 24.7 Å². The molecule has 1 aromatic carbocycles. The Morgan fingerprint density at radius 1 is 1.33 bits per heavy atom. The number of carbonyl (C=O) groups excluding carboxylic acids is 1. The van der Waals surface area contributed by atoms with Crippen LogP contribution >= 0.6 is 0 Å². The van der Waals surface area contributed by atoms with Crippen molar-refractivity contribution < 1.29 is 23.7 Å². The van der Waals surface area contributed by atoms with Gasteiger partial charge >= 0.3 is 5.97 Å². The lowest BCUT2D eigenvalue weighted by Gasteiger charge is -2.46. The van der Waals surface area contributed by atoms with Gasteiger partial charge in [-0.05, 0) is 51.7 Å². The highest BCUT2D eigenvalue weighted by Crippen LogP contribution is 2.43. The summed E-state index contributed by atoms with van der Waals surface area (Å²) >= 11 is 0. The maximum atomic E-state index is 12.0. The first-order valence-corrected chi connectivity index (χ1v) is 9.91. The lowest BCUT2D eigenvalue weighted by molar-refractivity contribution is -0.150. The second-order valence-corrected chi connectivity index (χ2v) is 7.72. The maximum absolute atomic E-state index is 12.0. The van der Waals surface area contributed by atoms with E-state index in [4.69, 9.17) is 24.7 Å². The Bertz CT molecular complexity index is 613. The van der Waals surface area contributed by atoms with E-state index in [-0.39, 0.29) is 24.2 Å². The molecule has 3 aliphatic rings. The number of para-hydroxylation sites is 1. The third kappa shape index (κ3) is 5.00. The van der Waals surface area contributed by atoms with Crippen molar-refractivity contribution in [2.24, 2.45) is 11.1 Å². The molecule has 6 nitrogen and oxygen atoms in total. The smallest absolute Gasteiger partial charge is 0.341 e. The number of hydrogen-bond donors (Lipinski definition) is 1. The highest BCUT2D eigenvalue weighted by atomic mass is 16.5. The minimum atomic E-state index is -0.391. The molecule has 2 saturated heterocycles. The minimum Gasteiger partial charge on any atom is -0.491 e. The molecule has 150 valence electrons. The monoisotopic (exact) mass is 377 g/mol. The zero-order chi connectivity index (χ0) is 19.3. The standard InChI is InChI=1S/C21H31NO5/c1-3-24-20(23)17-6-4-5-7-19(17)25-12-18(22)15(2)26-13-21-10-8-16(9-11-21)27-14-21/h4-7,15-16,18H,3,8-14,22H2,1-2H3/t15-,16?,18-,21?/m1/s1. The van der Waals surface area contributed by atoms with E-state index in [9.17, 15) is 4.79 Å². The van der Waals surface area contributed by atoms with Crippen LogP contribution in [0.3, 0.4) is 0 Å². The summed E-state index contributed by atoms with van der Waals surface area (Å²) in [7, 11) is 0. The summed E-state index contributed by atoms with van der Waals surface area (Å²) in [6.07, 6.45) is 4.93. The molecule has 27 heavy (non-hydrogen) atoms. The average molecular weight is 377 g/mol. The third-order valence-electron chi connectivity index (χ3n) is 5.69. The number of nitrogens with two attached hydrogens (primary N) is 1. The van der Waals surface area contributed by atoms with Crippen molar-refractivity contribution in [3.8, 4) is 5.75 Å². The molecule has 4 rings (SSSR count). The molecule has 1 aliphatic carbocycles. The Morgan fingerprint density at radius 3 is 2.74 bits per heavy atom. The molecule has 2 atom stereocenters. The van der Waals surface area contributed by atoms with Gasteiger partial charge in [-0.25, -0.2) is 4.79 Å². The Balaban J connectivity index is 1.49. The lowest BCUT2D eigenvalue weighted by atomic mass is 9.72. The van der Waals surface area contributed by atoms with Crippen LogP contribution in [0, 0.1) is 5.41 Å². The van der Waals surface area contributed by atoms with Gasteiger partial charge in [0.05, 0.1) is 38.1 Å². The third-order valence-corrected chi connectivity index (χ3v) is 5.69. The van der Waals surface area contributed by atoms with Crippen LogP contribution in [0.1, 0.15) is 49.9 Å². The van der Waals surface area contributed by atoms with Gasteiger partial charge in [0.2, 0.25) is 0 Å². The van der Waals surface area contributed by atoms with Crippen molar-refractivity contribution in [1.82, 2.24) is 0 Å². The summed E-state index contributed by atoms with van der Waals surface area (Å²) in [5.41, 5.74) is 6.83. The zero-order valence-electron chi connectivity index (χ0n) is 16.3. The predicted octanol–water partition coefficient (Wildman–Crippen LogP) is 2.93. The van der Waals surface area contributed by atoms with E-state index < -0.39 is 5.97 Å². The molecule has 0 radical (unpaired) electrons. The number of rotatable bonds is 9. The number of carbonyl (C=O) groups is 1. The Kier molecular flexibility index (Phi) is 6.73. The first-order valence-electron chi connectivity index (χ1n) is 9.91. The zero-order valence-corrected chi connectivity index (χ0v) is 16.3. The summed E-state index contributed by atoms with van der Waals surface area (Å²) in [5, 5.41) is 0. The van der Waals surface area contributed by atoms with E-state index in [1.165, 1.54) is 12.8 Å². The summed E-state index contributed by atoms with van der Waals surface area (Å²) < 4.78 is 22.8. The molecule has 6 heteroatoms. The average Bonchev–Trinajstić information content (AvgIpc) is 2.72. The van der Waals surface area contributed by atoms with Crippen LogP contribution in [0.15, 0.2) is 24.3 Å². The largest absolute Gasteiger partial charge is 0.491 e. The molecule has 0 amide bonds. The number of esters is 1. The fourth-order valence-corrected chi connectivity index (χ4v) is 3.72. The van der Waals surface area contributed by atoms with E-state index in [0.29, 0.717) is 30.6 Å². The van der Waals surface area contributed by atoms with Crippen LogP contribution < -0.4 is 10.5 Å². The van der Waals surface area contributed by atoms with Crippen molar-refractivity contribution in [3.05, 3.63) is 29.8 Å². The van der Waals surface area contributed by atoms with Crippen LogP contribution in [-0.4, -0.2) is 50.6 Å². The van der Waals surface area contributed by atoms with Gasteiger partial charge in [0, 0.05) is 5.41 Å². The molecule has 1 aromatic rings. The van der Waals surface area contributed by atoms with Crippen LogP contribution in [0.4, 0.5) is 0 Å². The van der Waals surface area contributed by atoms with Crippen molar-refractivity contribution in [3.63, 3.8) is 0 Å². The molecule has 0 spiro atoms. The summed E-state index contributed by atoms with van der Waals surface area (Å²) in [4.78, 5) is 12.0. The normalized spacial score (nSPS) is 26.4. The Hall–Kier alpha value is -1.63. The SMILES string of the molecule is CCOC(=O)c1ccccc1OC[C@@H](N)[C@@H](C)OCC12CCC(CC1)OC2. The van der Waals surface area contributed by atoms with Crippen molar-refractivity contribution in [2.75, 3.05) is 26.4 Å². The van der Waals surface area contributed by atoms with E-state index in [2.05, 4.69) is 0 Å². The topological polar surface area (TPSA) is 80.0 Å². The number of hydrogen-bond acceptors (Lipinski definition) is 6. The van der Waals surface area contributed by atoms with E-state index in [0.717, 1.165) is 19.4 Å². The van der Waals surface area contributed by atoms with Gasteiger partial charge in [-0.15, -0.1) is 0 Å². The first kappa shape index (κ1) is 20.1. The van der Waals surface area contributed by atoms with E-state index in [1.54, 1.807) is 25.1 Å². The Labute approximate surface area is 161 Å². The molecular weight excluding hydrogens is 346 g/mol. The van der Waals surface area contributed by atoms with Crippen LogP contribution in [0.2, 0.25) is 0 Å². The highest BCUT2D eigenvalue weighted by molar-refractivity contribution is 5.92. The molecule has 0 unspecified atom stereocenters. The minimum absolute atomic E-state index is 0.145. The molecule has 3 fully saturated rings. The van der Waals surface area contributed by atoms with Gasteiger partial charge in [0.15, 0.2) is 0 Å². The second-order valence-electron chi connectivity index (χ2n) is 7.72. The van der Waals surface area contributed by atoms with Crippen LogP contribution in [0.5, 0.6) is 5.75 Å². The maximum Gasteiger partial charge on any atom is 0.341 e. The fourth-order valence-electron chi connectivity index (χ4n) is 3.72. The Morgan fingerprint density at radius 2 is 2.07 bits per heavy atom. The van der Waals surface area contributed by atoms with E-state index >= 15 is 0 Å². The molecule has 2 aliphatic heterocycles. The lowest BCUT2D eigenvalue weighted by Crippen LogP contribution is -2.47. The highest BCUT2D eigenvalue weighted by Gasteiger charge is 2.42. The second kappa shape index (κ2) is 9.04. The van der Waals surface area contributed by atoms with Crippen molar-refractivity contribution in [2.45, 2.75) is 57.8 Å². The molecular formula is C21H31NO5. The van der Waals surface area contributed by atoms with Crippen LogP contribution in [-0.2, 0) is 14.2 Å². The first-order chi connectivity index (χ1) is 13.0. The molecule has 2 N–H and O–H groups in total. The number of fused-ring (bicyclic) bond motifs is 3. The molecule has 2 heterocycles. The molecule has 1 saturated carbocycles. The summed E-state index contributed by atoms with van der Waals surface area (Å²) in [6, 6.07) is 6.75.